The van der Waals surface area contributed by atoms with E-state index in [0.717, 1.165) is 37.6 Å². The van der Waals surface area contributed by atoms with E-state index in [4.69, 9.17) is 21.7 Å². The third-order valence-corrected chi connectivity index (χ3v) is 4.93. The molecule has 3 rings (SSSR count). The number of nitrogens with one attached hydrogen (secondary N) is 1. The SMILES string of the molecule is COC(=O)c1ccccc1NC(=S)N1CCN(c2ccccc2OC)CC1. The molecular weight excluding hydrogens is 362 g/mol. The molecule has 0 amide bonds. The van der Waals surface area contributed by atoms with E-state index in [9.17, 15) is 4.79 Å². The number of esters is 1. The van der Waals surface area contributed by atoms with Crippen molar-refractivity contribution in [3.05, 3.63) is 54.1 Å². The number of anilines is 2. The van der Waals surface area contributed by atoms with Crippen LogP contribution in [0.2, 0.25) is 0 Å². The number of methoxy groups -OCH3 is 2. The van der Waals surface area contributed by atoms with E-state index in [0.29, 0.717) is 16.4 Å². The van der Waals surface area contributed by atoms with Gasteiger partial charge in [-0.25, -0.2) is 4.79 Å². The Morgan fingerprint density at radius 1 is 1.00 bits per heavy atom. The fourth-order valence-corrected chi connectivity index (χ4v) is 3.41. The van der Waals surface area contributed by atoms with Crippen LogP contribution in [0.5, 0.6) is 5.75 Å². The second-order valence-corrected chi connectivity index (χ2v) is 6.50. The monoisotopic (exact) mass is 385 g/mol. The molecule has 0 radical (unpaired) electrons. The summed E-state index contributed by atoms with van der Waals surface area (Å²) in [7, 11) is 3.06. The van der Waals surface area contributed by atoms with Crippen molar-refractivity contribution in [2.24, 2.45) is 0 Å². The van der Waals surface area contributed by atoms with Gasteiger partial charge in [-0.15, -0.1) is 0 Å². The highest BCUT2D eigenvalue weighted by Gasteiger charge is 2.22. The number of benzene rings is 2. The summed E-state index contributed by atoms with van der Waals surface area (Å²) in [5, 5.41) is 3.79. The van der Waals surface area contributed by atoms with Gasteiger partial charge in [0.2, 0.25) is 0 Å². The fourth-order valence-electron chi connectivity index (χ4n) is 3.12. The van der Waals surface area contributed by atoms with Crippen LogP contribution >= 0.6 is 12.2 Å². The van der Waals surface area contributed by atoms with Crippen LogP contribution in [-0.4, -0.2) is 56.4 Å². The molecule has 2 aromatic carbocycles. The van der Waals surface area contributed by atoms with Gasteiger partial charge in [-0.3, -0.25) is 0 Å². The van der Waals surface area contributed by atoms with Gasteiger partial charge in [0, 0.05) is 26.2 Å². The standard InChI is InChI=1S/C20H23N3O3S/c1-25-18-10-6-5-9-17(18)22-11-13-23(14-12-22)20(27)21-16-8-4-3-7-15(16)19(24)26-2/h3-10H,11-14H2,1-2H3,(H,21,27). The first kappa shape index (κ1) is 19.0. The maximum absolute atomic E-state index is 11.9. The number of nitrogens with zero attached hydrogens (tertiary/aromatic N) is 2. The van der Waals surface area contributed by atoms with Crippen LogP contribution in [0, 0.1) is 0 Å². The molecule has 1 fully saturated rings. The van der Waals surface area contributed by atoms with Crippen molar-refractivity contribution < 1.29 is 14.3 Å². The molecule has 1 aliphatic heterocycles. The molecule has 0 spiro atoms. The molecule has 1 saturated heterocycles. The highest BCUT2D eigenvalue weighted by molar-refractivity contribution is 7.80. The molecule has 1 aliphatic rings. The Morgan fingerprint density at radius 3 is 2.37 bits per heavy atom. The van der Waals surface area contributed by atoms with Crippen molar-refractivity contribution >= 4 is 34.7 Å². The Bertz CT molecular complexity index is 820. The number of hydrogen-bond acceptors (Lipinski definition) is 5. The van der Waals surface area contributed by atoms with Crippen LogP contribution in [0.4, 0.5) is 11.4 Å². The first-order valence-corrected chi connectivity index (χ1v) is 9.16. The second-order valence-electron chi connectivity index (χ2n) is 6.11. The van der Waals surface area contributed by atoms with Gasteiger partial charge in [0.25, 0.3) is 0 Å². The van der Waals surface area contributed by atoms with E-state index in [2.05, 4.69) is 21.2 Å². The molecular formula is C20H23N3O3S. The van der Waals surface area contributed by atoms with Gasteiger partial charge in [0.15, 0.2) is 5.11 Å². The van der Waals surface area contributed by atoms with Gasteiger partial charge in [0.1, 0.15) is 5.75 Å². The lowest BCUT2D eigenvalue weighted by molar-refractivity contribution is 0.0602. The van der Waals surface area contributed by atoms with Crippen LogP contribution in [0.15, 0.2) is 48.5 Å². The Balaban J connectivity index is 1.63. The van der Waals surface area contributed by atoms with Crippen molar-refractivity contribution in [2.75, 3.05) is 50.6 Å². The Kier molecular flexibility index (Phi) is 6.13. The smallest absolute Gasteiger partial charge is 0.339 e. The van der Waals surface area contributed by atoms with Gasteiger partial charge >= 0.3 is 5.97 Å². The predicted octanol–water partition coefficient (Wildman–Crippen LogP) is 3.00. The molecule has 0 unspecified atom stereocenters. The minimum atomic E-state index is -0.387. The zero-order valence-electron chi connectivity index (χ0n) is 15.5. The number of carbonyl (C=O) groups excluding carboxylic acids is 1. The molecule has 27 heavy (non-hydrogen) atoms. The summed E-state index contributed by atoms with van der Waals surface area (Å²) in [5.41, 5.74) is 2.21. The van der Waals surface area contributed by atoms with E-state index in [1.165, 1.54) is 7.11 Å². The van der Waals surface area contributed by atoms with Gasteiger partial charge in [-0.2, -0.15) is 0 Å². The maximum Gasteiger partial charge on any atom is 0.339 e. The highest BCUT2D eigenvalue weighted by Crippen LogP contribution is 2.28. The first-order valence-electron chi connectivity index (χ1n) is 8.75. The van der Waals surface area contributed by atoms with E-state index in [-0.39, 0.29) is 5.97 Å². The lowest BCUT2D eigenvalue weighted by Gasteiger charge is -2.38. The minimum Gasteiger partial charge on any atom is -0.495 e. The van der Waals surface area contributed by atoms with Crippen molar-refractivity contribution in [2.45, 2.75) is 0 Å². The molecule has 1 N–H and O–H groups in total. The zero-order valence-corrected chi connectivity index (χ0v) is 16.3. The molecule has 2 aromatic rings. The van der Waals surface area contributed by atoms with Crippen molar-refractivity contribution in [1.82, 2.24) is 4.90 Å². The van der Waals surface area contributed by atoms with Gasteiger partial charge < -0.3 is 24.6 Å². The predicted molar refractivity (Wildman–Crippen MR) is 111 cm³/mol. The summed E-state index contributed by atoms with van der Waals surface area (Å²) in [6.07, 6.45) is 0. The van der Waals surface area contributed by atoms with Gasteiger partial charge in [0.05, 0.1) is 31.2 Å². The van der Waals surface area contributed by atoms with Crippen molar-refractivity contribution in [3.63, 3.8) is 0 Å². The highest BCUT2D eigenvalue weighted by atomic mass is 32.1. The molecule has 0 bridgehead atoms. The van der Waals surface area contributed by atoms with E-state index < -0.39 is 0 Å². The third kappa shape index (κ3) is 4.31. The summed E-state index contributed by atoms with van der Waals surface area (Å²) in [6, 6.07) is 15.2. The van der Waals surface area contributed by atoms with Crippen molar-refractivity contribution in [1.29, 1.82) is 0 Å². The number of carbonyl (C=O) groups is 1. The van der Waals surface area contributed by atoms with Crippen LogP contribution in [0.1, 0.15) is 10.4 Å². The number of thiocarbonyl (C=S) groups is 1. The number of piperazine rings is 1. The van der Waals surface area contributed by atoms with E-state index in [1.807, 2.05) is 30.3 Å². The average molecular weight is 385 g/mol. The lowest BCUT2D eigenvalue weighted by Crippen LogP contribution is -2.50. The molecule has 0 aromatic heterocycles. The lowest BCUT2D eigenvalue weighted by atomic mass is 10.2. The molecule has 7 heteroatoms. The molecule has 142 valence electrons. The second kappa shape index (κ2) is 8.73. The maximum atomic E-state index is 11.9. The molecule has 0 saturated carbocycles. The Labute approximate surface area is 164 Å². The Hall–Kier alpha value is -2.80. The van der Waals surface area contributed by atoms with E-state index >= 15 is 0 Å². The normalized spacial score (nSPS) is 13.9. The van der Waals surface area contributed by atoms with Gasteiger partial charge in [-0.1, -0.05) is 24.3 Å². The fraction of sp³-hybridized carbons (Fsp3) is 0.300. The zero-order chi connectivity index (χ0) is 19.2. The summed E-state index contributed by atoms with van der Waals surface area (Å²) < 4.78 is 10.3. The molecule has 1 heterocycles. The van der Waals surface area contributed by atoms with Crippen LogP contribution in [-0.2, 0) is 4.74 Å². The Morgan fingerprint density at radius 2 is 1.67 bits per heavy atom. The quantitative estimate of drug-likeness (QED) is 0.641. The summed E-state index contributed by atoms with van der Waals surface area (Å²) in [6.45, 7) is 3.23. The van der Waals surface area contributed by atoms with Crippen LogP contribution in [0.3, 0.4) is 0 Å². The number of para-hydroxylation sites is 3. The number of ether oxygens (including phenoxy) is 2. The number of rotatable bonds is 4. The van der Waals surface area contributed by atoms with Crippen molar-refractivity contribution in [3.8, 4) is 5.75 Å². The summed E-state index contributed by atoms with van der Waals surface area (Å²) in [5.74, 6) is 0.487. The molecule has 0 aliphatic carbocycles. The van der Waals surface area contributed by atoms with Crippen LogP contribution < -0.4 is 15.0 Å². The number of hydrogen-bond donors (Lipinski definition) is 1. The van der Waals surface area contributed by atoms with E-state index in [1.54, 1.807) is 19.2 Å². The topological polar surface area (TPSA) is 54.0 Å². The average Bonchev–Trinajstić information content (AvgIpc) is 2.73. The summed E-state index contributed by atoms with van der Waals surface area (Å²) >= 11 is 5.56. The summed E-state index contributed by atoms with van der Waals surface area (Å²) in [4.78, 5) is 16.3. The largest absolute Gasteiger partial charge is 0.495 e. The molecule has 6 nitrogen and oxygen atoms in total. The third-order valence-electron chi connectivity index (χ3n) is 4.57. The van der Waals surface area contributed by atoms with Crippen LogP contribution in [0.25, 0.3) is 0 Å². The minimum absolute atomic E-state index is 0.387. The molecule has 0 atom stereocenters. The first-order chi connectivity index (χ1) is 13.1. The van der Waals surface area contributed by atoms with Gasteiger partial charge in [-0.05, 0) is 36.5 Å².